The molecule has 0 bridgehead atoms. The minimum absolute atomic E-state index is 0.547. The number of alkyl halides is 3. The Labute approximate surface area is 122 Å². The highest BCUT2D eigenvalue weighted by Gasteiger charge is 2.29. The van der Waals surface area contributed by atoms with Gasteiger partial charge >= 0.3 is 6.18 Å². The molecule has 0 atom stereocenters. The SMILES string of the molecule is Cc1cc(C)cc(CNCc2ccc(C(F)(F)F)cc2)c1. The van der Waals surface area contributed by atoms with Crippen LogP contribution in [-0.4, -0.2) is 0 Å². The molecule has 112 valence electrons. The van der Waals surface area contributed by atoms with Crippen molar-refractivity contribution in [3.8, 4) is 0 Å². The summed E-state index contributed by atoms with van der Waals surface area (Å²) in [5.41, 5.74) is 3.83. The predicted octanol–water partition coefficient (Wildman–Crippen LogP) is 4.61. The molecule has 0 heterocycles. The zero-order chi connectivity index (χ0) is 15.5. The van der Waals surface area contributed by atoms with E-state index in [-0.39, 0.29) is 0 Å². The van der Waals surface area contributed by atoms with E-state index in [1.54, 1.807) is 0 Å². The zero-order valence-electron chi connectivity index (χ0n) is 12.1. The van der Waals surface area contributed by atoms with Crippen LogP contribution in [0.3, 0.4) is 0 Å². The summed E-state index contributed by atoms with van der Waals surface area (Å²) in [4.78, 5) is 0. The van der Waals surface area contributed by atoms with E-state index in [2.05, 4.69) is 23.5 Å². The highest BCUT2D eigenvalue weighted by molar-refractivity contribution is 5.29. The topological polar surface area (TPSA) is 12.0 Å². The van der Waals surface area contributed by atoms with Crippen LogP contribution in [0.2, 0.25) is 0 Å². The lowest BCUT2D eigenvalue weighted by Crippen LogP contribution is -2.13. The van der Waals surface area contributed by atoms with Gasteiger partial charge in [0.2, 0.25) is 0 Å². The number of rotatable bonds is 4. The Morgan fingerprint density at radius 3 is 1.86 bits per heavy atom. The Morgan fingerprint density at radius 1 is 0.810 bits per heavy atom. The van der Waals surface area contributed by atoms with E-state index in [0.29, 0.717) is 13.1 Å². The molecule has 4 heteroatoms. The molecule has 0 aromatic heterocycles. The van der Waals surface area contributed by atoms with Crippen molar-refractivity contribution >= 4 is 0 Å². The number of hydrogen-bond donors (Lipinski definition) is 1. The van der Waals surface area contributed by atoms with Gasteiger partial charge in [0.05, 0.1) is 5.56 Å². The molecule has 2 aromatic rings. The Balaban J connectivity index is 1.91. The van der Waals surface area contributed by atoms with Gasteiger partial charge in [-0.3, -0.25) is 0 Å². The fraction of sp³-hybridized carbons (Fsp3) is 0.294. The van der Waals surface area contributed by atoms with Crippen LogP contribution >= 0.6 is 0 Å². The summed E-state index contributed by atoms with van der Waals surface area (Å²) in [5, 5.41) is 3.25. The second kappa shape index (κ2) is 6.31. The van der Waals surface area contributed by atoms with Crippen LogP contribution < -0.4 is 5.32 Å². The fourth-order valence-electron chi connectivity index (χ4n) is 2.33. The lowest BCUT2D eigenvalue weighted by molar-refractivity contribution is -0.137. The van der Waals surface area contributed by atoms with Crippen LogP contribution in [0.4, 0.5) is 13.2 Å². The Morgan fingerprint density at radius 2 is 1.33 bits per heavy atom. The molecule has 0 amide bonds. The second-order valence-corrected chi connectivity index (χ2v) is 5.29. The van der Waals surface area contributed by atoms with E-state index < -0.39 is 11.7 Å². The third-order valence-corrected chi connectivity index (χ3v) is 3.22. The first-order valence-electron chi connectivity index (χ1n) is 6.78. The summed E-state index contributed by atoms with van der Waals surface area (Å²) in [6.07, 6.45) is -4.27. The molecule has 0 unspecified atom stereocenters. The average molecular weight is 293 g/mol. The van der Waals surface area contributed by atoms with Crippen LogP contribution in [-0.2, 0) is 19.3 Å². The molecule has 21 heavy (non-hydrogen) atoms. The van der Waals surface area contributed by atoms with Gasteiger partial charge in [-0.05, 0) is 37.1 Å². The second-order valence-electron chi connectivity index (χ2n) is 5.29. The monoisotopic (exact) mass is 293 g/mol. The largest absolute Gasteiger partial charge is 0.416 e. The first-order chi connectivity index (χ1) is 9.84. The van der Waals surface area contributed by atoms with E-state index in [1.807, 2.05) is 13.8 Å². The summed E-state index contributed by atoms with van der Waals surface area (Å²) >= 11 is 0. The molecule has 0 radical (unpaired) electrons. The smallest absolute Gasteiger partial charge is 0.309 e. The summed E-state index contributed by atoms with van der Waals surface area (Å²) in [6.45, 7) is 5.34. The van der Waals surface area contributed by atoms with Gasteiger partial charge in [-0.15, -0.1) is 0 Å². The first-order valence-corrected chi connectivity index (χ1v) is 6.78. The van der Waals surface area contributed by atoms with Gasteiger partial charge in [0.1, 0.15) is 0 Å². The van der Waals surface area contributed by atoms with Gasteiger partial charge < -0.3 is 5.32 Å². The Hall–Kier alpha value is -1.81. The third-order valence-electron chi connectivity index (χ3n) is 3.22. The van der Waals surface area contributed by atoms with Gasteiger partial charge in [0, 0.05) is 13.1 Å². The van der Waals surface area contributed by atoms with Crippen LogP contribution in [0.1, 0.15) is 27.8 Å². The molecule has 2 aromatic carbocycles. The number of aryl methyl sites for hydroxylation is 2. The predicted molar refractivity (Wildman–Crippen MR) is 77.9 cm³/mol. The Bertz CT molecular complexity index is 580. The van der Waals surface area contributed by atoms with Crippen molar-refractivity contribution in [3.63, 3.8) is 0 Å². The van der Waals surface area contributed by atoms with E-state index in [0.717, 1.165) is 17.7 Å². The lowest BCUT2D eigenvalue weighted by Gasteiger charge is -2.09. The summed E-state index contributed by atoms with van der Waals surface area (Å²) < 4.78 is 37.4. The van der Waals surface area contributed by atoms with Crippen LogP contribution in [0.15, 0.2) is 42.5 Å². The molecule has 2 rings (SSSR count). The van der Waals surface area contributed by atoms with Crippen LogP contribution in [0.5, 0.6) is 0 Å². The Kier molecular flexibility index (Phi) is 4.68. The molecule has 0 saturated heterocycles. The highest BCUT2D eigenvalue weighted by atomic mass is 19.4. The highest BCUT2D eigenvalue weighted by Crippen LogP contribution is 2.29. The standard InChI is InChI=1S/C17H18F3N/c1-12-7-13(2)9-15(8-12)11-21-10-14-3-5-16(6-4-14)17(18,19)20/h3-9,21H,10-11H2,1-2H3. The van der Waals surface area contributed by atoms with Crippen molar-refractivity contribution < 1.29 is 13.2 Å². The maximum absolute atomic E-state index is 12.5. The number of nitrogens with one attached hydrogen (secondary N) is 1. The van der Waals surface area contributed by atoms with Gasteiger partial charge in [0.25, 0.3) is 0 Å². The van der Waals surface area contributed by atoms with E-state index in [4.69, 9.17) is 0 Å². The fourth-order valence-corrected chi connectivity index (χ4v) is 2.33. The quantitative estimate of drug-likeness (QED) is 0.868. The summed E-state index contributed by atoms with van der Waals surface area (Å²) in [6, 6.07) is 11.6. The first kappa shape index (κ1) is 15.6. The molecule has 0 fully saturated rings. The third kappa shape index (κ3) is 4.60. The molecule has 0 saturated carbocycles. The maximum atomic E-state index is 12.5. The zero-order valence-corrected chi connectivity index (χ0v) is 12.1. The van der Waals surface area contributed by atoms with Gasteiger partial charge in [-0.25, -0.2) is 0 Å². The molecule has 0 spiro atoms. The normalized spacial score (nSPS) is 11.7. The molecule has 0 aliphatic rings. The van der Waals surface area contributed by atoms with Crippen molar-refractivity contribution in [1.29, 1.82) is 0 Å². The molecular weight excluding hydrogens is 275 g/mol. The molecule has 0 aliphatic heterocycles. The maximum Gasteiger partial charge on any atom is 0.416 e. The van der Waals surface area contributed by atoms with Gasteiger partial charge in [-0.1, -0.05) is 41.5 Å². The van der Waals surface area contributed by atoms with Crippen molar-refractivity contribution in [3.05, 3.63) is 70.3 Å². The number of benzene rings is 2. The molecular formula is C17H18F3N. The average Bonchev–Trinajstić information content (AvgIpc) is 2.37. The minimum atomic E-state index is -4.27. The minimum Gasteiger partial charge on any atom is -0.309 e. The summed E-state index contributed by atoms with van der Waals surface area (Å²) in [7, 11) is 0. The van der Waals surface area contributed by atoms with Crippen molar-refractivity contribution in [2.24, 2.45) is 0 Å². The molecule has 1 N–H and O–H groups in total. The summed E-state index contributed by atoms with van der Waals surface area (Å²) in [5.74, 6) is 0. The van der Waals surface area contributed by atoms with E-state index in [1.165, 1.54) is 28.8 Å². The number of hydrogen-bond acceptors (Lipinski definition) is 1. The van der Waals surface area contributed by atoms with Crippen LogP contribution in [0, 0.1) is 13.8 Å². The van der Waals surface area contributed by atoms with Gasteiger partial charge in [-0.2, -0.15) is 13.2 Å². The van der Waals surface area contributed by atoms with Crippen molar-refractivity contribution in [2.45, 2.75) is 33.1 Å². The van der Waals surface area contributed by atoms with Crippen molar-refractivity contribution in [2.75, 3.05) is 0 Å². The molecule has 0 aliphatic carbocycles. The van der Waals surface area contributed by atoms with E-state index in [9.17, 15) is 13.2 Å². The number of halogens is 3. The van der Waals surface area contributed by atoms with Crippen molar-refractivity contribution in [1.82, 2.24) is 5.32 Å². The van der Waals surface area contributed by atoms with Crippen LogP contribution in [0.25, 0.3) is 0 Å². The van der Waals surface area contributed by atoms with Gasteiger partial charge in [0.15, 0.2) is 0 Å². The molecule has 1 nitrogen and oxygen atoms in total. The van der Waals surface area contributed by atoms with E-state index >= 15 is 0 Å². The lowest BCUT2D eigenvalue weighted by atomic mass is 10.1.